The summed E-state index contributed by atoms with van der Waals surface area (Å²) in [5.41, 5.74) is 2.21. The molecule has 0 atom stereocenters. The zero-order valence-electron chi connectivity index (χ0n) is 14.4. The molecule has 0 spiro atoms. The maximum Gasteiger partial charge on any atom is 0.206 e. The van der Waals surface area contributed by atoms with E-state index in [1.54, 1.807) is 24.3 Å². The average molecular weight is 343 g/mol. The monoisotopic (exact) mass is 343 g/mol. The van der Waals surface area contributed by atoms with Crippen LogP contribution in [0.4, 0.5) is 0 Å². The van der Waals surface area contributed by atoms with Gasteiger partial charge in [-0.2, -0.15) is 0 Å². The molecule has 0 bridgehead atoms. The van der Waals surface area contributed by atoms with Crippen molar-refractivity contribution in [3.8, 4) is 0 Å². The van der Waals surface area contributed by atoms with E-state index in [9.17, 15) is 8.42 Å². The van der Waals surface area contributed by atoms with Crippen molar-refractivity contribution in [2.45, 2.75) is 55.0 Å². The van der Waals surface area contributed by atoms with Gasteiger partial charge in [-0.05, 0) is 56.6 Å². The molecule has 1 fully saturated rings. The largest absolute Gasteiger partial charge is 0.299 e. The van der Waals surface area contributed by atoms with Gasteiger partial charge < -0.3 is 0 Å². The molecule has 3 rings (SSSR count). The second-order valence-electron chi connectivity index (χ2n) is 6.81. The van der Waals surface area contributed by atoms with Crippen LogP contribution in [0, 0.1) is 6.92 Å². The van der Waals surface area contributed by atoms with Crippen molar-refractivity contribution in [1.29, 1.82) is 0 Å². The Labute approximate surface area is 145 Å². The Morgan fingerprint density at radius 1 is 0.917 bits per heavy atom. The van der Waals surface area contributed by atoms with E-state index < -0.39 is 9.84 Å². The van der Waals surface area contributed by atoms with Gasteiger partial charge in [-0.15, -0.1) is 0 Å². The summed E-state index contributed by atoms with van der Waals surface area (Å²) in [4.78, 5) is 3.10. The van der Waals surface area contributed by atoms with Gasteiger partial charge in [0.1, 0.15) is 0 Å². The normalized spacial score (nSPS) is 16.0. The van der Waals surface area contributed by atoms with E-state index in [0.29, 0.717) is 15.8 Å². The Balaban J connectivity index is 1.75. The maximum atomic E-state index is 12.7. The van der Waals surface area contributed by atoms with Gasteiger partial charge >= 0.3 is 0 Å². The van der Waals surface area contributed by atoms with E-state index in [1.807, 2.05) is 31.2 Å². The van der Waals surface area contributed by atoms with Crippen LogP contribution in [0.25, 0.3) is 0 Å². The van der Waals surface area contributed by atoms with Gasteiger partial charge in [0.25, 0.3) is 0 Å². The van der Waals surface area contributed by atoms with Gasteiger partial charge in [0, 0.05) is 12.6 Å². The van der Waals surface area contributed by atoms with E-state index in [1.165, 1.54) is 25.7 Å². The van der Waals surface area contributed by atoms with Gasteiger partial charge in [-0.3, -0.25) is 4.90 Å². The summed E-state index contributed by atoms with van der Waals surface area (Å²) in [7, 11) is -1.27. The molecule has 0 radical (unpaired) electrons. The van der Waals surface area contributed by atoms with E-state index in [2.05, 4.69) is 11.9 Å². The van der Waals surface area contributed by atoms with E-state index in [4.69, 9.17) is 0 Å². The second-order valence-corrected chi connectivity index (χ2v) is 8.76. The minimum atomic E-state index is -3.43. The first-order chi connectivity index (χ1) is 11.5. The van der Waals surface area contributed by atoms with E-state index in [-0.39, 0.29) is 0 Å². The van der Waals surface area contributed by atoms with Crippen molar-refractivity contribution < 1.29 is 8.42 Å². The molecule has 2 aromatic rings. The van der Waals surface area contributed by atoms with E-state index in [0.717, 1.165) is 17.7 Å². The van der Waals surface area contributed by atoms with Gasteiger partial charge in [-0.25, -0.2) is 8.42 Å². The molecule has 0 heterocycles. The van der Waals surface area contributed by atoms with Crippen molar-refractivity contribution in [2.24, 2.45) is 0 Å². The highest BCUT2D eigenvalue weighted by molar-refractivity contribution is 7.91. The number of nitrogens with zero attached hydrogens (tertiary/aromatic N) is 1. The lowest BCUT2D eigenvalue weighted by Crippen LogP contribution is -2.28. The van der Waals surface area contributed by atoms with Crippen LogP contribution in [0.5, 0.6) is 0 Å². The minimum Gasteiger partial charge on any atom is -0.299 e. The Morgan fingerprint density at radius 2 is 1.42 bits per heavy atom. The van der Waals surface area contributed by atoms with Crippen molar-refractivity contribution >= 4 is 9.84 Å². The first-order valence-electron chi connectivity index (χ1n) is 8.58. The van der Waals surface area contributed by atoms with Crippen molar-refractivity contribution in [1.82, 2.24) is 4.90 Å². The summed E-state index contributed by atoms with van der Waals surface area (Å²) >= 11 is 0. The minimum absolute atomic E-state index is 0.351. The lowest BCUT2D eigenvalue weighted by Gasteiger charge is -2.24. The maximum absolute atomic E-state index is 12.7. The van der Waals surface area contributed by atoms with Gasteiger partial charge in [0.2, 0.25) is 9.84 Å². The molecule has 0 amide bonds. The van der Waals surface area contributed by atoms with Gasteiger partial charge in [0.15, 0.2) is 0 Å². The first-order valence-corrected chi connectivity index (χ1v) is 10.1. The highest BCUT2D eigenvalue weighted by Crippen LogP contribution is 2.25. The highest BCUT2D eigenvalue weighted by atomic mass is 32.2. The Hall–Kier alpha value is -1.65. The topological polar surface area (TPSA) is 37.4 Å². The summed E-state index contributed by atoms with van der Waals surface area (Å²) in [6.07, 6.45) is 5.19. The number of hydrogen-bond acceptors (Lipinski definition) is 3. The van der Waals surface area contributed by atoms with Crippen LogP contribution in [0.3, 0.4) is 0 Å². The first kappa shape index (κ1) is 17.2. The molecule has 128 valence electrons. The SMILES string of the molecule is Cc1ccc(S(=O)(=O)c2ccc(CN(C)C3CCCC3)cc2)cc1. The standard InChI is InChI=1S/C20H25NO2S/c1-16-7-11-19(12-8-16)24(22,23)20-13-9-17(10-14-20)15-21(2)18-5-3-4-6-18/h7-14,18H,3-6,15H2,1-2H3. The fourth-order valence-electron chi connectivity index (χ4n) is 3.39. The fraction of sp³-hybridized carbons (Fsp3) is 0.400. The van der Waals surface area contributed by atoms with Gasteiger partial charge in [0.05, 0.1) is 9.79 Å². The number of rotatable bonds is 5. The molecule has 0 saturated heterocycles. The number of benzene rings is 2. The molecule has 0 aliphatic heterocycles. The van der Waals surface area contributed by atoms with Gasteiger partial charge in [-0.1, -0.05) is 42.7 Å². The third-order valence-corrected chi connectivity index (χ3v) is 6.73. The predicted molar refractivity (Wildman–Crippen MR) is 96.8 cm³/mol. The molecule has 0 N–H and O–H groups in total. The van der Waals surface area contributed by atoms with Crippen LogP contribution in [0.15, 0.2) is 58.3 Å². The molecular weight excluding hydrogens is 318 g/mol. The zero-order valence-corrected chi connectivity index (χ0v) is 15.2. The molecule has 1 aliphatic rings. The third kappa shape index (κ3) is 3.70. The second kappa shape index (κ2) is 7.08. The zero-order chi connectivity index (χ0) is 17.2. The molecule has 2 aromatic carbocycles. The fourth-order valence-corrected chi connectivity index (χ4v) is 4.65. The average Bonchev–Trinajstić information content (AvgIpc) is 3.10. The lowest BCUT2D eigenvalue weighted by atomic mass is 10.1. The number of aryl methyl sites for hydroxylation is 1. The third-order valence-electron chi connectivity index (χ3n) is 4.94. The molecule has 1 saturated carbocycles. The molecular formula is C20H25NO2S. The molecule has 24 heavy (non-hydrogen) atoms. The van der Waals surface area contributed by atoms with Crippen LogP contribution >= 0.6 is 0 Å². The summed E-state index contributed by atoms with van der Waals surface area (Å²) in [5, 5.41) is 0. The quantitative estimate of drug-likeness (QED) is 0.816. The number of sulfone groups is 1. The van der Waals surface area contributed by atoms with Crippen molar-refractivity contribution in [2.75, 3.05) is 7.05 Å². The molecule has 0 aromatic heterocycles. The summed E-state index contributed by atoms with van der Waals surface area (Å²) in [6.45, 7) is 2.82. The molecule has 1 aliphatic carbocycles. The van der Waals surface area contributed by atoms with Crippen LogP contribution in [0.1, 0.15) is 36.8 Å². The Morgan fingerprint density at radius 3 is 1.96 bits per heavy atom. The smallest absolute Gasteiger partial charge is 0.206 e. The Bertz CT molecular complexity index is 773. The molecule has 0 unspecified atom stereocenters. The van der Waals surface area contributed by atoms with Crippen molar-refractivity contribution in [3.05, 3.63) is 59.7 Å². The van der Waals surface area contributed by atoms with Crippen LogP contribution in [0.2, 0.25) is 0 Å². The Kier molecular flexibility index (Phi) is 5.07. The highest BCUT2D eigenvalue weighted by Gasteiger charge is 2.20. The van der Waals surface area contributed by atoms with Crippen LogP contribution in [-0.4, -0.2) is 26.4 Å². The predicted octanol–water partition coefficient (Wildman–Crippen LogP) is 4.20. The van der Waals surface area contributed by atoms with Crippen molar-refractivity contribution in [3.63, 3.8) is 0 Å². The number of hydrogen-bond donors (Lipinski definition) is 0. The van der Waals surface area contributed by atoms with Crippen LogP contribution in [-0.2, 0) is 16.4 Å². The molecule has 4 heteroatoms. The van der Waals surface area contributed by atoms with E-state index >= 15 is 0 Å². The summed E-state index contributed by atoms with van der Waals surface area (Å²) in [5.74, 6) is 0. The molecule has 3 nitrogen and oxygen atoms in total. The lowest BCUT2D eigenvalue weighted by molar-refractivity contribution is 0.237. The van der Waals surface area contributed by atoms with Crippen LogP contribution < -0.4 is 0 Å². The summed E-state index contributed by atoms with van der Waals surface area (Å²) in [6, 6.07) is 15.0. The summed E-state index contributed by atoms with van der Waals surface area (Å²) < 4.78 is 25.4.